The number of likely N-dealkylation sites (N-methyl/N-ethyl adjacent to an activating group) is 1. The molecule has 0 aliphatic heterocycles. The molecule has 0 bridgehead atoms. The van der Waals surface area contributed by atoms with Gasteiger partial charge in [0, 0.05) is 19.1 Å². The molecule has 0 aromatic rings. The van der Waals surface area contributed by atoms with Crippen LogP contribution in [0.15, 0.2) is 0 Å². The molecule has 1 saturated carbocycles. The molecule has 0 saturated heterocycles. The Labute approximate surface area is 111 Å². The first-order valence-electron chi connectivity index (χ1n) is 6.99. The molecule has 106 valence electrons. The molecule has 1 aliphatic carbocycles. The van der Waals surface area contributed by atoms with Crippen LogP contribution in [0, 0.1) is 5.92 Å². The summed E-state index contributed by atoms with van der Waals surface area (Å²) in [5.41, 5.74) is -0.617. The Morgan fingerprint density at radius 2 is 2.11 bits per heavy atom. The molecule has 18 heavy (non-hydrogen) atoms. The van der Waals surface area contributed by atoms with E-state index in [-0.39, 0.29) is 12.0 Å². The van der Waals surface area contributed by atoms with Crippen molar-refractivity contribution in [1.82, 2.24) is 10.2 Å². The Hall–Kier alpha value is -0.610. The number of methoxy groups -OCH3 is 1. The van der Waals surface area contributed by atoms with Crippen molar-refractivity contribution in [2.24, 2.45) is 5.92 Å². The molecule has 1 unspecified atom stereocenters. The van der Waals surface area contributed by atoms with Crippen molar-refractivity contribution in [2.45, 2.75) is 52.1 Å². The third kappa shape index (κ3) is 4.58. The molecule has 1 rings (SSSR count). The molecule has 0 aromatic heterocycles. The van der Waals surface area contributed by atoms with Crippen LogP contribution in [0.3, 0.4) is 0 Å². The van der Waals surface area contributed by atoms with Crippen LogP contribution in [-0.2, 0) is 9.53 Å². The quantitative estimate of drug-likeness (QED) is 0.671. The molecular weight excluding hydrogens is 228 g/mol. The van der Waals surface area contributed by atoms with Crippen molar-refractivity contribution in [2.75, 3.05) is 26.7 Å². The lowest BCUT2D eigenvalue weighted by Gasteiger charge is -2.35. The first-order chi connectivity index (χ1) is 8.41. The smallest absolute Gasteiger partial charge is 0.327 e. The summed E-state index contributed by atoms with van der Waals surface area (Å²) in [6.45, 7) is 11.0. The zero-order chi connectivity index (χ0) is 13.8. The van der Waals surface area contributed by atoms with Gasteiger partial charge >= 0.3 is 5.97 Å². The predicted molar refractivity (Wildman–Crippen MR) is 73.5 cm³/mol. The lowest BCUT2D eigenvalue weighted by atomic mass is 10.00. The molecule has 0 aromatic carbocycles. The van der Waals surface area contributed by atoms with E-state index < -0.39 is 5.54 Å². The molecule has 1 aliphatic rings. The van der Waals surface area contributed by atoms with E-state index in [4.69, 9.17) is 4.74 Å². The van der Waals surface area contributed by atoms with Gasteiger partial charge in [-0.2, -0.15) is 0 Å². The van der Waals surface area contributed by atoms with Gasteiger partial charge in [-0.25, -0.2) is 0 Å². The number of nitrogens with one attached hydrogen (secondary N) is 1. The third-order valence-corrected chi connectivity index (χ3v) is 3.44. The third-order valence-electron chi connectivity index (χ3n) is 3.44. The number of carbonyl (C=O) groups excluding carboxylic acids is 1. The van der Waals surface area contributed by atoms with Gasteiger partial charge in [0.1, 0.15) is 5.54 Å². The Morgan fingerprint density at radius 3 is 2.50 bits per heavy atom. The van der Waals surface area contributed by atoms with Crippen LogP contribution in [-0.4, -0.2) is 49.2 Å². The molecule has 0 heterocycles. The van der Waals surface area contributed by atoms with Gasteiger partial charge in [-0.3, -0.25) is 10.1 Å². The highest BCUT2D eigenvalue weighted by Crippen LogP contribution is 2.30. The van der Waals surface area contributed by atoms with E-state index in [2.05, 4.69) is 31.0 Å². The van der Waals surface area contributed by atoms with Crippen molar-refractivity contribution in [3.05, 3.63) is 0 Å². The van der Waals surface area contributed by atoms with Gasteiger partial charge < -0.3 is 9.64 Å². The highest BCUT2D eigenvalue weighted by atomic mass is 16.5. The summed E-state index contributed by atoms with van der Waals surface area (Å²) >= 11 is 0. The largest absolute Gasteiger partial charge is 0.468 e. The first-order valence-corrected chi connectivity index (χ1v) is 6.99. The molecule has 0 spiro atoms. The van der Waals surface area contributed by atoms with Crippen molar-refractivity contribution < 1.29 is 9.53 Å². The summed E-state index contributed by atoms with van der Waals surface area (Å²) in [6.07, 6.45) is 2.67. The van der Waals surface area contributed by atoms with Crippen LogP contribution in [0.25, 0.3) is 0 Å². The van der Waals surface area contributed by atoms with Crippen molar-refractivity contribution in [3.63, 3.8) is 0 Å². The summed E-state index contributed by atoms with van der Waals surface area (Å²) in [5, 5.41) is 3.35. The maximum Gasteiger partial charge on any atom is 0.327 e. The highest BCUT2D eigenvalue weighted by Gasteiger charge is 2.37. The minimum absolute atomic E-state index is 0.176. The van der Waals surface area contributed by atoms with Crippen LogP contribution >= 0.6 is 0 Å². The first kappa shape index (κ1) is 15.4. The topological polar surface area (TPSA) is 41.6 Å². The standard InChI is InChI=1S/C14H28N2O2/c1-6-16(9-12-7-8-12)10-14(4,13(17)18-5)15-11(2)3/h11-12,15H,6-10H2,1-5H3. The number of esters is 1. The summed E-state index contributed by atoms with van der Waals surface area (Å²) in [6, 6.07) is 0.258. The van der Waals surface area contributed by atoms with E-state index in [1.165, 1.54) is 20.0 Å². The van der Waals surface area contributed by atoms with E-state index >= 15 is 0 Å². The maximum atomic E-state index is 12.0. The number of rotatable bonds is 8. The molecule has 0 radical (unpaired) electrons. The van der Waals surface area contributed by atoms with Crippen LogP contribution in [0.1, 0.15) is 40.5 Å². The molecule has 4 heteroatoms. The highest BCUT2D eigenvalue weighted by molar-refractivity contribution is 5.80. The van der Waals surface area contributed by atoms with Gasteiger partial charge in [-0.1, -0.05) is 6.92 Å². The maximum absolute atomic E-state index is 12.0. The van der Waals surface area contributed by atoms with Crippen molar-refractivity contribution in [1.29, 1.82) is 0 Å². The fourth-order valence-electron chi connectivity index (χ4n) is 2.45. The second kappa shape index (κ2) is 6.53. The zero-order valence-electron chi connectivity index (χ0n) is 12.5. The molecule has 4 nitrogen and oxygen atoms in total. The van der Waals surface area contributed by atoms with E-state index in [0.29, 0.717) is 6.54 Å². The van der Waals surface area contributed by atoms with Crippen LogP contribution in [0.4, 0.5) is 0 Å². The number of nitrogens with zero attached hydrogens (tertiary/aromatic N) is 1. The Kier molecular flexibility index (Phi) is 5.60. The lowest BCUT2D eigenvalue weighted by Crippen LogP contribution is -2.59. The molecular formula is C14H28N2O2. The fraction of sp³-hybridized carbons (Fsp3) is 0.929. The van der Waals surface area contributed by atoms with Gasteiger partial charge in [-0.15, -0.1) is 0 Å². The second-order valence-corrected chi connectivity index (χ2v) is 5.89. The van der Waals surface area contributed by atoms with Gasteiger partial charge in [0.15, 0.2) is 0 Å². The van der Waals surface area contributed by atoms with Crippen molar-refractivity contribution in [3.8, 4) is 0 Å². The number of hydrogen-bond donors (Lipinski definition) is 1. The Bertz CT molecular complexity index is 277. The molecule has 1 atom stereocenters. The van der Waals surface area contributed by atoms with Crippen LogP contribution in [0.5, 0.6) is 0 Å². The van der Waals surface area contributed by atoms with Crippen LogP contribution < -0.4 is 5.32 Å². The van der Waals surface area contributed by atoms with Crippen molar-refractivity contribution >= 4 is 5.97 Å². The minimum Gasteiger partial charge on any atom is -0.468 e. The van der Waals surface area contributed by atoms with Gasteiger partial charge in [0.05, 0.1) is 7.11 Å². The summed E-state index contributed by atoms with van der Waals surface area (Å²) in [7, 11) is 1.46. The summed E-state index contributed by atoms with van der Waals surface area (Å²) < 4.78 is 4.95. The SMILES string of the molecule is CCN(CC1CC1)CC(C)(NC(C)C)C(=O)OC. The van der Waals surface area contributed by atoms with E-state index in [1.54, 1.807) is 0 Å². The number of carbonyl (C=O) groups is 1. The van der Waals surface area contributed by atoms with E-state index in [9.17, 15) is 4.79 Å². The molecule has 1 N–H and O–H groups in total. The zero-order valence-corrected chi connectivity index (χ0v) is 12.5. The minimum atomic E-state index is -0.617. The van der Waals surface area contributed by atoms with Gasteiger partial charge in [-0.05, 0) is 46.1 Å². The average Bonchev–Trinajstić information content (AvgIpc) is 3.09. The number of ether oxygens (including phenoxy) is 1. The van der Waals surface area contributed by atoms with Gasteiger partial charge in [0.2, 0.25) is 0 Å². The normalized spacial score (nSPS) is 19.1. The van der Waals surface area contributed by atoms with E-state index in [1.807, 2.05) is 6.92 Å². The average molecular weight is 256 g/mol. The number of hydrogen-bond acceptors (Lipinski definition) is 4. The van der Waals surface area contributed by atoms with Crippen LogP contribution in [0.2, 0.25) is 0 Å². The van der Waals surface area contributed by atoms with E-state index in [0.717, 1.165) is 19.0 Å². The second-order valence-electron chi connectivity index (χ2n) is 5.89. The van der Waals surface area contributed by atoms with Gasteiger partial charge in [0.25, 0.3) is 0 Å². The molecule has 1 fully saturated rings. The fourth-order valence-corrected chi connectivity index (χ4v) is 2.45. The predicted octanol–water partition coefficient (Wildman–Crippen LogP) is 1.65. The summed E-state index contributed by atoms with van der Waals surface area (Å²) in [5.74, 6) is 0.663. The monoisotopic (exact) mass is 256 g/mol. The molecule has 0 amide bonds. The summed E-state index contributed by atoms with van der Waals surface area (Å²) in [4.78, 5) is 14.4. The Morgan fingerprint density at radius 1 is 1.50 bits per heavy atom. The lowest BCUT2D eigenvalue weighted by molar-refractivity contribution is -0.149. The Balaban J connectivity index is 2.65.